The molecule has 1 aliphatic carbocycles. The van der Waals surface area contributed by atoms with Gasteiger partial charge in [-0.3, -0.25) is 4.79 Å². The van der Waals surface area contributed by atoms with E-state index < -0.39 is 34.8 Å². The molecular formula is C17H33BN4O6S. The first-order chi connectivity index (χ1) is 13.7. The fraction of sp³-hybridized carbons (Fsp3) is 0.941. The van der Waals surface area contributed by atoms with E-state index in [1.165, 1.54) is 4.31 Å². The quantitative estimate of drug-likeness (QED) is 0.285. The Morgan fingerprint density at radius 2 is 1.83 bits per heavy atom. The second-order valence-electron chi connectivity index (χ2n) is 8.65. The van der Waals surface area contributed by atoms with Crippen LogP contribution in [0.4, 0.5) is 0 Å². The topological polar surface area (TPSA) is 156 Å². The summed E-state index contributed by atoms with van der Waals surface area (Å²) in [5.74, 6) is -1.80. The number of hydrogen-bond acceptors (Lipinski definition) is 7. The van der Waals surface area contributed by atoms with Crippen molar-refractivity contribution >= 4 is 23.3 Å². The number of carboxylic acids is 1. The highest BCUT2D eigenvalue weighted by Gasteiger charge is 2.54. The zero-order valence-corrected chi connectivity index (χ0v) is 17.6. The Morgan fingerprint density at radius 1 is 1.21 bits per heavy atom. The number of aliphatic carboxylic acids is 1. The third-order valence-electron chi connectivity index (χ3n) is 6.70. The molecule has 2 atom stereocenters. The van der Waals surface area contributed by atoms with E-state index in [0.29, 0.717) is 12.8 Å². The molecule has 3 aliphatic rings. The second-order valence-corrected chi connectivity index (χ2v) is 10.5. The summed E-state index contributed by atoms with van der Waals surface area (Å²) in [6.07, 6.45) is 4.95. The summed E-state index contributed by atoms with van der Waals surface area (Å²) in [5.41, 5.74) is 4.52. The van der Waals surface area contributed by atoms with Gasteiger partial charge in [-0.15, -0.1) is 0 Å². The third kappa shape index (κ3) is 4.78. The molecule has 2 aliphatic heterocycles. The molecule has 3 rings (SSSR count). The molecule has 0 aromatic heterocycles. The monoisotopic (exact) mass is 432 g/mol. The summed E-state index contributed by atoms with van der Waals surface area (Å²) in [4.78, 5) is 11.9. The van der Waals surface area contributed by atoms with Crippen LogP contribution in [0.15, 0.2) is 0 Å². The SMILES string of the molecule is N[C@@]1(C(=O)O)CN(S(=O)(=O)N(C2CCC2)C2CCNCC2)C[C@@H]1CCCB(O)O. The summed E-state index contributed by atoms with van der Waals surface area (Å²) in [7, 11) is -5.31. The molecule has 12 heteroatoms. The van der Waals surface area contributed by atoms with Gasteiger partial charge in [0.25, 0.3) is 10.2 Å². The highest BCUT2D eigenvalue weighted by molar-refractivity contribution is 7.86. The zero-order valence-electron chi connectivity index (χ0n) is 16.7. The van der Waals surface area contributed by atoms with E-state index in [1.54, 1.807) is 4.31 Å². The van der Waals surface area contributed by atoms with E-state index in [1.807, 2.05) is 0 Å². The van der Waals surface area contributed by atoms with Crippen molar-refractivity contribution in [2.45, 2.75) is 68.9 Å². The fourth-order valence-corrected chi connectivity index (χ4v) is 6.91. The van der Waals surface area contributed by atoms with Gasteiger partial charge in [-0.25, -0.2) is 0 Å². The molecule has 0 bridgehead atoms. The van der Waals surface area contributed by atoms with Crippen molar-refractivity contribution in [1.29, 1.82) is 0 Å². The average Bonchev–Trinajstić information content (AvgIpc) is 2.97. The van der Waals surface area contributed by atoms with Crippen LogP contribution in [-0.2, 0) is 15.0 Å². The van der Waals surface area contributed by atoms with Crippen LogP contribution >= 0.6 is 0 Å². The normalized spacial score (nSPS) is 29.9. The number of carbonyl (C=O) groups is 1. The molecule has 10 nitrogen and oxygen atoms in total. The number of piperidine rings is 1. The van der Waals surface area contributed by atoms with Gasteiger partial charge in [0.2, 0.25) is 0 Å². The van der Waals surface area contributed by atoms with Crippen LogP contribution in [-0.4, -0.2) is 89.1 Å². The van der Waals surface area contributed by atoms with Crippen LogP contribution in [0.25, 0.3) is 0 Å². The van der Waals surface area contributed by atoms with Gasteiger partial charge < -0.3 is 26.2 Å². The number of carboxylic acid groups (broad SMARTS) is 1. The largest absolute Gasteiger partial charge is 0.480 e. The van der Waals surface area contributed by atoms with Crippen molar-refractivity contribution in [1.82, 2.24) is 13.9 Å². The highest BCUT2D eigenvalue weighted by Crippen LogP contribution is 2.37. The molecule has 1 saturated carbocycles. The number of nitrogens with zero attached hydrogens (tertiary/aromatic N) is 2. The van der Waals surface area contributed by atoms with E-state index in [-0.39, 0.29) is 31.5 Å². The number of nitrogens with one attached hydrogen (secondary N) is 1. The molecule has 3 fully saturated rings. The minimum absolute atomic E-state index is 0.0244. The van der Waals surface area contributed by atoms with Crippen molar-refractivity contribution in [3.63, 3.8) is 0 Å². The molecule has 29 heavy (non-hydrogen) atoms. The van der Waals surface area contributed by atoms with Gasteiger partial charge in [0.15, 0.2) is 0 Å². The zero-order chi connectivity index (χ0) is 21.2. The predicted octanol–water partition coefficient (Wildman–Crippen LogP) is -1.20. The Kier molecular flexibility index (Phi) is 7.25. The van der Waals surface area contributed by atoms with E-state index >= 15 is 0 Å². The molecule has 0 aromatic rings. The summed E-state index contributed by atoms with van der Waals surface area (Å²) in [6, 6.07) is -0.101. The summed E-state index contributed by atoms with van der Waals surface area (Å²) in [6.45, 7) is 1.32. The first-order valence-corrected chi connectivity index (χ1v) is 11.9. The first kappa shape index (κ1) is 22.9. The van der Waals surface area contributed by atoms with Crippen LogP contribution in [0, 0.1) is 5.92 Å². The minimum Gasteiger partial charge on any atom is -0.480 e. The van der Waals surface area contributed by atoms with E-state index in [2.05, 4.69) is 5.32 Å². The molecular weight excluding hydrogens is 399 g/mol. The van der Waals surface area contributed by atoms with Crippen molar-refractivity contribution in [2.24, 2.45) is 11.7 Å². The van der Waals surface area contributed by atoms with Crippen molar-refractivity contribution < 1.29 is 28.4 Å². The van der Waals surface area contributed by atoms with Gasteiger partial charge in [0.1, 0.15) is 5.54 Å². The molecule has 166 valence electrons. The van der Waals surface area contributed by atoms with E-state index in [9.17, 15) is 18.3 Å². The van der Waals surface area contributed by atoms with Crippen molar-refractivity contribution in [3.05, 3.63) is 0 Å². The standard InChI is InChI=1S/C17H33BN4O6S/c19-17(16(23)24)12-21(11-13(17)3-2-8-18(25)26)29(27,28)22(14-4-1-5-14)15-6-9-20-10-7-15/h13-15,20,25-26H,1-12,19H2,(H,23,24)/t13-,17-/m0/s1. The number of rotatable bonds is 9. The molecule has 6 N–H and O–H groups in total. The summed E-state index contributed by atoms with van der Waals surface area (Å²) >= 11 is 0. The second kappa shape index (κ2) is 9.17. The maximum Gasteiger partial charge on any atom is 0.451 e. The summed E-state index contributed by atoms with van der Waals surface area (Å²) in [5, 5.41) is 31.1. The van der Waals surface area contributed by atoms with Gasteiger partial charge in [-0.05, 0) is 51.5 Å². The Balaban J connectivity index is 1.79. The number of hydrogen-bond donors (Lipinski definition) is 5. The lowest BCUT2D eigenvalue weighted by Gasteiger charge is -2.44. The van der Waals surface area contributed by atoms with Gasteiger partial charge in [-0.1, -0.05) is 12.8 Å². The smallest absolute Gasteiger partial charge is 0.451 e. The van der Waals surface area contributed by atoms with Crippen LogP contribution in [0.2, 0.25) is 6.32 Å². The fourth-order valence-electron chi connectivity index (χ4n) is 4.72. The molecule has 0 aromatic carbocycles. The Hall–Kier alpha value is -0.755. The van der Waals surface area contributed by atoms with Crippen LogP contribution < -0.4 is 11.1 Å². The van der Waals surface area contributed by atoms with Crippen LogP contribution in [0.3, 0.4) is 0 Å². The molecule has 2 heterocycles. The molecule has 0 amide bonds. The van der Waals surface area contributed by atoms with Gasteiger partial charge in [-0.2, -0.15) is 17.0 Å². The molecule has 0 unspecified atom stereocenters. The maximum absolute atomic E-state index is 13.6. The lowest BCUT2D eigenvalue weighted by molar-refractivity contribution is -0.144. The highest BCUT2D eigenvalue weighted by atomic mass is 32.2. The molecule has 0 radical (unpaired) electrons. The van der Waals surface area contributed by atoms with Crippen molar-refractivity contribution in [2.75, 3.05) is 26.2 Å². The van der Waals surface area contributed by atoms with E-state index in [4.69, 9.17) is 15.8 Å². The lowest BCUT2D eigenvalue weighted by Crippen LogP contribution is -2.58. The predicted molar refractivity (Wildman–Crippen MR) is 108 cm³/mol. The van der Waals surface area contributed by atoms with Crippen LogP contribution in [0.1, 0.15) is 44.9 Å². The van der Waals surface area contributed by atoms with Gasteiger partial charge in [0, 0.05) is 31.1 Å². The Morgan fingerprint density at radius 3 is 2.34 bits per heavy atom. The maximum atomic E-state index is 13.6. The molecule has 2 saturated heterocycles. The Bertz CT molecular complexity index is 685. The lowest BCUT2D eigenvalue weighted by atomic mass is 9.78. The van der Waals surface area contributed by atoms with E-state index in [0.717, 1.165) is 45.2 Å². The minimum atomic E-state index is -3.84. The third-order valence-corrected chi connectivity index (χ3v) is 8.76. The average molecular weight is 432 g/mol. The van der Waals surface area contributed by atoms with Crippen molar-refractivity contribution in [3.8, 4) is 0 Å². The van der Waals surface area contributed by atoms with Gasteiger partial charge >= 0.3 is 13.1 Å². The molecule has 0 spiro atoms. The van der Waals surface area contributed by atoms with Gasteiger partial charge in [0.05, 0.1) is 0 Å². The van der Waals surface area contributed by atoms with Crippen LogP contribution in [0.5, 0.6) is 0 Å². The summed E-state index contributed by atoms with van der Waals surface area (Å²) < 4.78 is 30.1. The first-order valence-electron chi connectivity index (χ1n) is 10.5. The Labute approximate surface area is 172 Å². The number of nitrogens with two attached hydrogens (primary N) is 1.